The van der Waals surface area contributed by atoms with Gasteiger partial charge in [-0.1, -0.05) is 30.3 Å². The molecule has 3 rings (SSSR count). The van der Waals surface area contributed by atoms with Crippen LogP contribution >= 0.6 is 11.8 Å². The maximum atomic E-state index is 12.7. The standard InChI is InChI=1S/C18H24N2O3S/c21-16(13-24-12-15-8-4-5-11-23-15)20-10-9-19-18(22)17(20)14-6-2-1-3-7-14/h1-3,6-7,15,17H,4-5,8-13H2,(H,19,22). The van der Waals surface area contributed by atoms with E-state index in [9.17, 15) is 9.59 Å². The Balaban J connectivity index is 1.58. The van der Waals surface area contributed by atoms with Crippen LogP contribution in [0.2, 0.25) is 0 Å². The lowest BCUT2D eigenvalue weighted by Gasteiger charge is -2.35. The Labute approximate surface area is 147 Å². The molecule has 2 amide bonds. The number of benzene rings is 1. The second-order valence-electron chi connectivity index (χ2n) is 6.20. The maximum absolute atomic E-state index is 12.7. The average molecular weight is 348 g/mol. The molecule has 2 fully saturated rings. The highest BCUT2D eigenvalue weighted by Gasteiger charge is 2.34. The van der Waals surface area contributed by atoms with Crippen LogP contribution in [-0.2, 0) is 14.3 Å². The summed E-state index contributed by atoms with van der Waals surface area (Å²) in [5.74, 6) is 1.18. The number of piperazine rings is 1. The molecule has 1 aromatic carbocycles. The first-order chi connectivity index (χ1) is 11.8. The minimum absolute atomic E-state index is 0.0273. The minimum Gasteiger partial charge on any atom is -0.377 e. The molecule has 130 valence electrons. The van der Waals surface area contributed by atoms with Gasteiger partial charge in [-0.05, 0) is 24.8 Å². The monoisotopic (exact) mass is 348 g/mol. The summed E-state index contributed by atoms with van der Waals surface area (Å²) in [6.07, 6.45) is 3.70. The smallest absolute Gasteiger partial charge is 0.247 e. The summed E-state index contributed by atoms with van der Waals surface area (Å²) in [5.41, 5.74) is 0.865. The Hall–Kier alpha value is -1.53. The van der Waals surface area contributed by atoms with Gasteiger partial charge in [-0.2, -0.15) is 0 Å². The number of amides is 2. The van der Waals surface area contributed by atoms with Gasteiger partial charge in [-0.15, -0.1) is 11.8 Å². The van der Waals surface area contributed by atoms with E-state index in [0.29, 0.717) is 18.8 Å². The molecule has 2 atom stereocenters. The van der Waals surface area contributed by atoms with E-state index >= 15 is 0 Å². The van der Waals surface area contributed by atoms with Crippen LogP contribution in [0.3, 0.4) is 0 Å². The van der Waals surface area contributed by atoms with Crippen molar-refractivity contribution in [3.05, 3.63) is 35.9 Å². The summed E-state index contributed by atoms with van der Waals surface area (Å²) in [6.45, 7) is 1.91. The first-order valence-corrected chi connectivity index (χ1v) is 9.72. The SMILES string of the molecule is O=C1NCCN(C(=O)CSCC2CCCCO2)C1c1ccccc1. The summed E-state index contributed by atoms with van der Waals surface area (Å²) in [5, 5.41) is 2.86. The number of ether oxygens (including phenoxy) is 1. The summed E-state index contributed by atoms with van der Waals surface area (Å²) < 4.78 is 5.70. The van der Waals surface area contributed by atoms with Crippen LogP contribution in [0.15, 0.2) is 30.3 Å². The average Bonchev–Trinajstić information content (AvgIpc) is 2.63. The number of nitrogens with zero attached hydrogens (tertiary/aromatic N) is 1. The van der Waals surface area contributed by atoms with Gasteiger partial charge in [0.1, 0.15) is 6.04 Å². The van der Waals surface area contributed by atoms with E-state index in [-0.39, 0.29) is 17.9 Å². The van der Waals surface area contributed by atoms with Crippen LogP contribution < -0.4 is 5.32 Å². The van der Waals surface area contributed by atoms with Gasteiger partial charge >= 0.3 is 0 Å². The molecule has 0 radical (unpaired) electrons. The Bertz CT molecular complexity index is 561. The lowest BCUT2D eigenvalue weighted by Crippen LogP contribution is -2.52. The van der Waals surface area contributed by atoms with E-state index in [1.165, 1.54) is 6.42 Å². The molecule has 24 heavy (non-hydrogen) atoms. The van der Waals surface area contributed by atoms with Crippen molar-refractivity contribution in [1.29, 1.82) is 0 Å². The first-order valence-electron chi connectivity index (χ1n) is 8.57. The molecule has 0 aromatic heterocycles. The summed E-state index contributed by atoms with van der Waals surface area (Å²) in [6, 6.07) is 9.00. The Morgan fingerprint density at radius 3 is 2.88 bits per heavy atom. The molecule has 2 aliphatic rings. The summed E-state index contributed by atoms with van der Waals surface area (Å²) >= 11 is 1.61. The van der Waals surface area contributed by atoms with Gasteiger partial charge < -0.3 is 15.0 Å². The number of thioether (sulfide) groups is 1. The van der Waals surface area contributed by atoms with Gasteiger partial charge in [0.25, 0.3) is 0 Å². The third-order valence-electron chi connectivity index (χ3n) is 4.45. The number of rotatable bonds is 5. The van der Waals surface area contributed by atoms with Crippen molar-refractivity contribution in [3.63, 3.8) is 0 Å². The fourth-order valence-corrected chi connectivity index (χ4v) is 4.19. The van der Waals surface area contributed by atoms with Gasteiger partial charge in [-0.25, -0.2) is 0 Å². The molecule has 1 N–H and O–H groups in total. The quantitative estimate of drug-likeness (QED) is 0.884. The fourth-order valence-electron chi connectivity index (χ4n) is 3.20. The first kappa shape index (κ1) is 17.3. The molecule has 2 heterocycles. The van der Waals surface area contributed by atoms with E-state index < -0.39 is 6.04 Å². The second kappa shape index (κ2) is 8.53. The van der Waals surface area contributed by atoms with Crippen molar-refractivity contribution < 1.29 is 14.3 Å². The van der Waals surface area contributed by atoms with Gasteiger partial charge in [0.05, 0.1) is 11.9 Å². The predicted octanol–water partition coefficient (Wildman–Crippen LogP) is 1.99. The molecule has 0 aliphatic carbocycles. The molecule has 2 unspecified atom stereocenters. The van der Waals surface area contributed by atoms with Crippen LogP contribution in [0.25, 0.3) is 0 Å². The molecule has 1 aromatic rings. The molecule has 6 heteroatoms. The molecular formula is C18H24N2O3S. The van der Waals surface area contributed by atoms with Gasteiger partial charge in [0.2, 0.25) is 11.8 Å². The van der Waals surface area contributed by atoms with E-state index in [2.05, 4.69) is 5.32 Å². The zero-order valence-electron chi connectivity index (χ0n) is 13.8. The van der Waals surface area contributed by atoms with E-state index in [0.717, 1.165) is 30.8 Å². The molecule has 2 aliphatic heterocycles. The normalized spacial score (nSPS) is 24.5. The van der Waals surface area contributed by atoms with Crippen molar-refractivity contribution in [2.75, 3.05) is 31.2 Å². The summed E-state index contributed by atoms with van der Waals surface area (Å²) in [7, 11) is 0. The highest BCUT2D eigenvalue weighted by atomic mass is 32.2. The highest BCUT2D eigenvalue weighted by Crippen LogP contribution is 2.24. The Kier molecular flexibility index (Phi) is 6.15. The van der Waals surface area contributed by atoms with Gasteiger partial charge in [-0.3, -0.25) is 9.59 Å². The van der Waals surface area contributed by atoms with Crippen molar-refractivity contribution >= 4 is 23.6 Å². The molecule has 0 saturated carbocycles. The summed E-state index contributed by atoms with van der Waals surface area (Å²) in [4.78, 5) is 26.7. The lowest BCUT2D eigenvalue weighted by atomic mass is 10.0. The van der Waals surface area contributed by atoms with E-state index in [1.54, 1.807) is 16.7 Å². The maximum Gasteiger partial charge on any atom is 0.247 e. The Morgan fingerprint density at radius 2 is 2.12 bits per heavy atom. The minimum atomic E-state index is -0.515. The number of carbonyl (C=O) groups excluding carboxylic acids is 2. The lowest BCUT2D eigenvalue weighted by molar-refractivity contribution is -0.141. The van der Waals surface area contributed by atoms with E-state index in [1.807, 2.05) is 30.3 Å². The third-order valence-corrected chi connectivity index (χ3v) is 5.51. The third kappa shape index (κ3) is 4.30. The van der Waals surface area contributed by atoms with Gasteiger partial charge in [0, 0.05) is 25.4 Å². The highest BCUT2D eigenvalue weighted by molar-refractivity contribution is 7.99. The molecular weight excluding hydrogens is 324 g/mol. The largest absolute Gasteiger partial charge is 0.377 e. The molecule has 2 saturated heterocycles. The van der Waals surface area contributed by atoms with Crippen LogP contribution in [0, 0.1) is 0 Å². The number of nitrogens with one attached hydrogen (secondary N) is 1. The van der Waals surface area contributed by atoms with Crippen LogP contribution in [0.1, 0.15) is 30.9 Å². The zero-order chi connectivity index (χ0) is 16.8. The van der Waals surface area contributed by atoms with Crippen molar-refractivity contribution in [3.8, 4) is 0 Å². The number of hydrogen-bond donors (Lipinski definition) is 1. The van der Waals surface area contributed by atoms with Gasteiger partial charge in [0.15, 0.2) is 0 Å². The second-order valence-corrected chi connectivity index (χ2v) is 7.23. The molecule has 0 spiro atoms. The number of hydrogen-bond acceptors (Lipinski definition) is 4. The van der Waals surface area contributed by atoms with Crippen LogP contribution in [0.4, 0.5) is 0 Å². The zero-order valence-corrected chi connectivity index (χ0v) is 14.6. The van der Waals surface area contributed by atoms with Crippen molar-refractivity contribution in [2.24, 2.45) is 0 Å². The van der Waals surface area contributed by atoms with Crippen molar-refractivity contribution in [2.45, 2.75) is 31.4 Å². The fraction of sp³-hybridized carbons (Fsp3) is 0.556. The Morgan fingerprint density at radius 1 is 1.29 bits per heavy atom. The van der Waals surface area contributed by atoms with E-state index in [4.69, 9.17) is 4.74 Å². The molecule has 5 nitrogen and oxygen atoms in total. The number of carbonyl (C=O) groups is 2. The van der Waals surface area contributed by atoms with Crippen LogP contribution in [-0.4, -0.2) is 54.0 Å². The topological polar surface area (TPSA) is 58.6 Å². The predicted molar refractivity (Wildman–Crippen MR) is 94.8 cm³/mol. The molecule has 0 bridgehead atoms. The van der Waals surface area contributed by atoms with Crippen molar-refractivity contribution in [1.82, 2.24) is 10.2 Å². The van der Waals surface area contributed by atoms with Crippen LogP contribution in [0.5, 0.6) is 0 Å².